The minimum atomic E-state index is -0.0900. The highest BCUT2D eigenvalue weighted by molar-refractivity contribution is 5.96. The molecule has 1 aliphatic rings. The molecule has 1 aliphatic heterocycles. The molecular formula is C21H26N6O. The number of carbonyl (C=O) groups is 1. The van der Waals surface area contributed by atoms with Crippen LogP contribution in [0.15, 0.2) is 30.3 Å². The van der Waals surface area contributed by atoms with Crippen molar-refractivity contribution in [1.82, 2.24) is 29.9 Å². The summed E-state index contributed by atoms with van der Waals surface area (Å²) in [5.41, 5.74) is 3.17. The maximum Gasteiger partial charge on any atom is 0.255 e. The maximum absolute atomic E-state index is 12.8. The summed E-state index contributed by atoms with van der Waals surface area (Å²) < 4.78 is 4.05. The third-order valence-corrected chi connectivity index (χ3v) is 5.34. The fourth-order valence-electron chi connectivity index (χ4n) is 3.90. The summed E-state index contributed by atoms with van der Waals surface area (Å²) >= 11 is 0. The first-order chi connectivity index (χ1) is 13.6. The lowest BCUT2D eigenvalue weighted by atomic mass is 10.2. The van der Waals surface area contributed by atoms with Gasteiger partial charge in [-0.2, -0.15) is 5.10 Å². The van der Waals surface area contributed by atoms with E-state index in [1.165, 1.54) is 19.3 Å². The molecule has 1 amide bonds. The summed E-state index contributed by atoms with van der Waals surface area (Å²) in [6.07, 6.45) is 5.27. The first-order valence-electron chi connectivity index (χ1n) is 9.96. The second kappa shape index (κ2) is 7.96. The molecule has 0 aliphatic carbocycles. The Morgan fingerprint density at radius 1 is 1.11 bits per heavy atom. The first-order valence-corrected chi connectivity index (χ1v) is 9.96. The highest BCUT2D eigenvalue weighted by Gasteiger charge is 2.20. The second-order valence-electron chi connectivity index (χ2n) is 7.29. The van der Waals surface area contributed by atoms with Crippen molar-refractivity contribution in [1.29, 1.82) is 0 Å². The number of nitrogens with zero attached hydrogens (tertiary/aromatic N) is 5. The number of aromatic nitrogens is 5. The van der Waals surface area contributed by atoms with E-state index in [2.05, 4.69) is 25.2 Å². The van der Waals surface area contributed by atoms with E-state index in [-0.39, 0.29) is 5.91 Å². The highest BCUT2D eigenvalue weighted by Crippen LogP contribution is 2.18. The summed E-state index contributed by atoms with van der Waals surface area (Å²) in [6, 6.07) is 9.87. The van der Waals surface area contributed by atoms with Crippen molar-refractivity contribution in [2.45, 2.75) is 52.5 Å². The van der Waals surface area contributed by atoms with Crippen molar-refractivity contribution in [3.63, 3.8) is 0 Å². The van der Waals surface area contributed by atoms with Gasteiger partial charge in [-0.15, -0.1) is 10.2 Å². The van der Waals surface area contributed by atoms with Crippen molar-refractivity contribution in [2.75, 3.05) is 6.54 Å². The molecule has 0 unspecified atom stereocenters. The van der Waals surface area contributed by atoms with E-state index in [1.807, 2.05) is 48.9 Å². The van der Waals surface area contributed by atoms with E-state index in [0.717, 1.165) is 41.7 Å². The molecule has 0 fully saturated rings. The Morgan fingerprint density at radius 3 is 2.75 bits per heavy atom. The number of benzene rings is 1. The normalized spacial score (nSPS) is 13.8. The van der Waals surface area contributed by atoms with Gasteiger partial charge in [0.2, 0.25) is 0 Å². The number of carbonyl (C=O) groups excluding carboxylic acids is 1. The van der Waals surface area contributed by atoms with Gasteiger partial charge in [-0.25, -0.2) is 4.68 Å². The summed E-state index contributed by atoms with van der Waals surface area (Å²) in [5, 5.41) is 16.2. The molecule has 0 radical (unpaired) electrons. The summed E-state index contributed by atoms with van der Waals surface area (Å²) in [5.74, 6) is 1.95. The zero-order valence-electron chi connectivity index (χ0n) is 16.5. The molecule has 0 saturated carbocycles. The fourth-order valence-corrected chi connectivity index (χ4v) is 3.90. The van der Waals surface area contributed by atoms with Gasteiger partial charge in [-0.05, 0) is 38.8 Å². The van der Waals surface area contributed by atoms with E-state index in [4.69, 9.17) is 0 Å². The summed E-state index contributed by atoms with van der Waals surface area (Å²) in [4.78, 5) is 12.8. The lowest BCUT2D eigenvalue weighted by molar-refractivity contribution is 0.0952. The van der Waals surface area contributed by atoms with Gasteiger partial charge in [0.1, 0.15) is 11.6 Å². The standard InChI is InChI=1S/C21H26N6O/c1-15-20(16(2)27(25-15)17-9-5-3-6-10-17)21(28)22-13-12-19-24-23-18-11-7-4-8-14-26(18)19/h3,5-6,9-10H,4,7-8,11-14H2,1-2H3,(H,22,28). The van der Waals surface area contributed by atoms with Crippen LogP contribution in [0.2, 0.25) is 0 Å². The fraction of sp³-hybridized carbons (Fsp3) is 0.429. The van der Waals surface area contributed by atoms with E-state index in [0.29, 0.717) is 18.5 Å². The van der Waals surface area contributed by atoms with Crippen LogP contribution in [-0.2, 0) is 19.4 Å². The van der Waals surface area contributed by atoms with Crippen molar-refractivity contribution in [2.24, 2.45) is 0 Å². The summed E-state index contributed by atoms with van der Waals surface area (Å²) in [6.45, 7) is 5.32. The average molecular weight is 378 g/mol. The molecule has 28 heavy (non-hydrogen) atoms. The molecule has 0 bridgehead atoms. The molecule has 4 rings (SSSR count). The Balaban J connectivity index is 1.44. The zero-order valence-corrected chi connectivity index (χ0v) is 16.5. The Kier molecular flexibility index (Phi) is 5.23. The molecule has 7 heteroatoms. The number of rotatable bonds is 5. The van der Waals surface area contributed by atoms with Crippen LogP contribution in [0.25, 0.3) is 5.69 Å². The van der Waals surface area contributed by atoms with E-state index in [1.54, 1.807) is 0 Å². The van der Waals surface area contributed by atoms with Gasteiger partial charge in [0.25, 0.3) is 5.91 Å². The molecule has 146 valence electrons. The Bertz CT molecular complexity index is 972. The Morgan fingerprint density at radius 2 is 1.93 bits per heavy atom. The van der Waals surface area contributed by atoms with Crippen molar-refractivity contribution >= 4 is 5.91 Å². The van der Waals surface area contributed by atoms with Crippen LogP contribution >= 0.6 is 0 Å². The second-order valence-corrected chi connectivity index (χ2v) is 7.29. The van der Waals surface area contributed by atoms with Crippen LogP contribution in [0.5, 0.6) is 0 Å². The first kappa shape index (κ1) is 18.4. The smallest absolute Gasteiger partial charge is 0.255 e. The number of aryl methyl sites for hydroxylation is 2. The lowest BCUT2D eigenvalue weighted by Crippen LogP contribution is -2.27. The number of fused-ring (bicyclic) bond motifs is 1. The predicted molar refractivity (Wildman–Crippen MR) is 107 cm³/mol. The van der Waals surface area contributed by atoms with E-state index in [9.17, 15) is 4.79 Å². The van der Waals surface area contributed by atoms with Gasteiger partial charge in [-0.1, -0.05) is 24.6 Å². The quantitative estimate of drug-likeness (QED) is 0.741. The number of amides is 1. The number of hydrogen-bond acceptors (Lipinski definition) is 4. The monoisotopic (exact) mass is 378 g/mol. The van der Waals surface area contributed by atoms with Gasteiger partial charge in [0.15, 0.2) is 0 Å². The number of nitrogens with one attached hydrogen (secondary N) is 1. The number of para-hydroxylation sites is 1. The lowest BCUT2D eigenvalue weighted by Gasteiger charge is -2.08. The van der Waals surface area contributed by atoms with Crippen LogP contribution < -0.4 is 5.32 Å². The van der Waals surface area contributed by atoms with Gasteiger partial charge in [0, 0.05) is 25.9 Å². The van der Waals surface area contributed by atoms with E-state index < -0.39 is 0 Å². The Hall–Kier alpha value is -2.96. The third-order valence-electron chi connectivity index (χ3n) is 5.34. The Labute approximate surface area is 164 Å². The number of hydrogen-bond donors (Lipinski definition) is 1. The molecule has 0 atom stereocenters. The van der Waals surface area contributed by atoms with Crippen LogP contribution in [0, 0.1) is 13.8 Å². The average Bonchev–Trinajstić information content (AvgIpc) is 3.12. The molecule has 7 nitrogen and oxygen atoms in total. The summed E-state index contributed by atoms with van der Waals surface area (Å²) in [7, 11) is 0. The molecule has 3 aromatic rings. The van der Waals surface area contributed by atoms with Crippen molar-refractivity contribution in [3.8, 4) is 5.69 Å². The van der Waals surface area contributed by atoms with Gasteiger partial charge in [0.05, 0.1) is 22.6 Å². The largest absolute Gasteiger partial charge is 0.351 e. The van der Waals surface area contributed by atoms with Crippen molar-refractivity contribution < 1.29 is 4.79 Å². The molecule has 1 aromatic carbocycles. The molecule has 0 saturated heterocycles. The SMILES string of the molecule is Cc1nn(-c2ccccc2)c(C)c1C(=O)NCCc1nnc2n1CCCCC2. The minimum absolute atomic E-state index is 0.0900. The molecule has 1 N–H and O–H groups in total. The predicted octanol–water partition coefficient (Wildman–Crippen LogP) is 2.78. The van der Waals surface area contributed by atoms with Crippen molar-refractivity contribution in [3.05, 3.63) is 58.9 Å². The van der Waals surface area contributed by atoms with Crippen LogP contribution in [0.4, 0.5) is 0 Å². The maximum atomic E-state index is 12.8. The van der Waals surface area contributed by atoms with E-state index >= 15 is 0 Å². The molecule has 0 spiro atoms. The zero-order chi connectivity index (χ0) is 19.5. The van der Waals surface area contributed by atoms with Gasteiger partial charge < -0.3 is 9.88 Å². The van der Waals surface area contributed by atoms with Gasteiger partial charge >= 0.3 is 0 Å². The minimum Gasteiger partial charge on any atom is -0.351 e. The van der Waals surface area contributed by atoms with Crippen LogP contribution in [0.1, 0.15) is 52.7 Å². The van der Waals surface area contributed by atoms with Crippen LogP contribution in [0.3, 0.4) is 0 Å². The molecular weight excluding hydrogens is 352 g/mol. The van der Waals surface area contributed by atoms with Gasteiger partial charge in [-0.3, -0.25) is 4.79 Å². The molecule has 3 heterocycles. The highest BCUT2D eigenvalue weighted by atomic mass is 16.1. The van der Waals surface area contributed by atoms with Crippen LogP contribution in [-0.4, -0.2) is 37.0 Å². The molecule has 2 aromatic heterocycles. The topological polar surface area (TPSA) is 77.6 Å². The third kappa shape index (κ3) is 3.56.